The van der Waals surface area contributed by atoms with E-state index in [2.05, 4.69) is 26.2 Å². The van der Waals surface area contributed by atoms with Crippen molar-refractivity contribution in [3.8, 4) is 28.4 Å². The molecule has 0 aliphatic rings. The fourth-order valence-corrected chi connectivity index (χ4v) is 1.87. The van der Waals surface area contributed by atoms with Gasteiger partial charge in [0.1, 0.15) is 6.33 Å². The van der Waals surface area contributed by atoms with Crippen molar-refractivity contribution in [3.05, 3.63) is 48.9 Å². The highest BCUT2D eigenvalue weighted by molar-refractivity contribution is 5.69. The lowest BCUT2D eigenvalue weighted by Crippen LogP contribution is -1.91. The number of aromatic amines is 1. The molecule has 3 aromatic rings. The van der Waals surface area contributed by atoms with Gasteiger partial charge in [-0.15, -0.1) is 0 Å². The molecule has 5 nitrogen and oxygen atoms in total. The zero-order valence-corrected chi connectivity index (χ0v) is 10.4. The van der Waals surface area contributed by atoms with E-state index in [1.54, 1.807) is 13.3 Å². The summed E-state index contributed by atoms with van der Waals surface area (Å²) in [7, 11) is 1.59. The molecular formula is C14H12N4O. The Bertz CT molecular complexity index is 679. The number of nitrogens with one attached hydrogen (secondary N) is 1. The zero-order valence-electron chi connectivity index (χ0n) is 10.4. The number of ether oxygens (including phenoxy) is 1. The van der Waals surface area contributed by atoms with Crippen molar-refractivity contribution in [2.45, 2.75) is 0 Å². The lowest BCUT2D eigenvalue weighted by molar-refractivity contribution is 0.397. The fourth-order valence-electron chi connectivity index (χ4n) is 1.87. The topological polar surface area (TPSA) is 63.7 Å². The van der Waals surface area contributed by atoms with Gasteiger partial charge in [-0.1, -0.05) is 18.2 Å². The Morgan fingerprint density at radius 2 is 1.95 bits per heavy atom. The predicted molar refractivity (Wildman–Crippen MR) is 71.6 cm³/mol. The third kappa shape index (κ3) is 2.30. The van der Waals surface area contributed by atoms with Crippen molar-refractivity contribution in [2.75, 3.05) is 7.11 Å². The number of hydrogen-bond donors (Lipinski definition) is 1. The summed E-state index contributed by atoms with van der Waals surface area (Å²) in [5.74, 6) is 0.553. The Labute approximate surface area is 110 Å². The second kappa shape index (κ2) is 4.89. The van der Waals surface area contributed by atoms with E-state index in [1.165, 1.54) is 6.33 Å². The van der Waals surface area contributed by atoms with Crippen molar-refractivity contribution < 1.29 is 4.74 Å². The van der Waals surface area contributed by atoms with Gasteiger partial charge in [-0.25, -0.2) is 9.97 Å². The number of rotatable bonds is 3. The molecule has 0 atom stereocenters. The summed E-state index contributed by atoms with van der Waals surface area (Å²) in [5, 5.41) is 6.90. The molecular weight excluding hydrogens is 240 g/mol. The average Bonchev–Trinajstić information content (AvgIpc) is 3.02. The number of nitrogens with zero attached hydrogens (tertiary/aromatic N) is 3. The quantitative estimate of drug-likeness (QED) is 0.778. The first-order valence-corrected chi connectivity index (χ1v) is 5.83. The summed E-state index contributed by atoms with van der Waals surface area (Å²) in [6.45, 7) is 0. The minimum Gasteiger partial charge on any atom is -0.481 e. The van der Waals surface area contributed by atoms with Gasteiger partial charge < -0.3 is 4.74 Å². The van der Waals surface area contributed by atoms with Gasteiger partial charge in [-0.2, -0.15) is 5.10 Å². The van der Waals surface area contributed by atoms with Gasteiger partial charge in [0.25, 0.3) is 0 Å². The molecule has 0 amide bonds. The first kappa shape index (κ1) is 11.4. The molecule has 0 bridgehead atoms. The van der Waals surface area contributed by atoms with Crippen LogP contribution in [-0.2, 0) is 0 Å². The van der Waals surface area contributed by atoms with Crippen molar-refractivity contribution in [1.29, 1.82) is 0 Å². The molecule has 0 aliphatic carbocycles. The maximum absolute atomic E-state index is 5.11. The molecule has 2 heterocycles. The molecule has 3 rings (SSSR count). The monoisotopic (exact) mass is 252 g/mol. The molecule has 0 spiro atoms. The van der Waals surface area contributed by atoms with Crippen LogP contribution < -0.4 is 4.74 Å². The van der Waals surface area contributed by atoms with Gasteiger partial charge in [0, 0.05) is 23.4 Å². The largest absolute Gasteiger partial charge is 0.481 e. The van der Waals surface area contributed by atoms with Crippen LogP contribution in [0.25, 0.3) is 22.5 Å². The van der Waals surface area contributed by atoms with E-state index in [0.29, 0.717) is 5.88 Å². The number of benzene rings is 1. The van der Waals surface area contributed by atoms with Crippen LogP contribution in [0.15, 0.2) is 48.9 Å². The number of hydrogen-bond acceptors (Lipinski definition) is 4. The summed E-state index contributed by atoms with van der Waals surface area (Å²) in [4.78, 5) is 8.27. The fraction of sp³-hybridized carbons (Fsp3) is 0.0714. The highest BCUT2D eigenvalue weighted by Crippen LogP contribution is 2.24. The van der Waals surface area contributed by atoms with Crippen LogP contribution in [0.1, 0.15) is 0 Å². The molecule has 0 aliphatic heterocycles. The molecule has 0 fully saturated rings. The predicted octanol–water partition coefficient (Wildman–Crippen LogP) is 2.54. The molecule has 0 saturated carbocycles. The second-order valence-corrected chi connectivity index (χ2v) is 4.00. The Hall–Kier alpha value is -2.69. The van der Waals surface area contributed by atoms with Crippen molar-refractivity contribution in [3.63, 3.8) is 0 Å². The Kier molecular flexibility index (Phi) is 2.94. The smallest absolute Gasteiger partial charge is 0.216 e. The van der Waals surface area contributed by atoms with Crippen LogP contribution in [0.2, 0.25) is 0 Å². The number of aromatic nitrogens is 4. The lowest BCUT2D eigenvalue weighted by Gasteiger charge is -2.04. The van der Waals surface area contributed by atoms with Crippen molar-refractivity contribution in [1.82, 2.24) is 20.2 Å². The molecule has 1 N–H and O–H groups in total. The van der Waals surface area contributed by atoms with Crippen molar-refractivity contribution >= 4 is 0 Å². The standard InChI is InChI=1S/C14H12N4O/c1-19-14-8-13(15-9-16-14)11-4-2-3-10(7-11)12-5-6-17-18-12/h2-9H,1H3,(H,17,18). The van der Waals surface area contributed by atoms with Crippen LogP contribution in [0.5, 0.6) is 5.88 Å². The summed E-state index contributed by atoms with van der Waals surface area (Å²) in [6, 6.07) is 11.8. The average molecular weight is 252 g/mol. The molecule has 5 heteroatoms. The summed E-state index contributed by atoms with van der Waals surface area (Å²) >= 11 is 0. The van der Waals surface area contributed by atoms with E-state index in [4.69, 9.17) is 4.74 Å². The van der Waals surface area contributed by atoms with Crippen LogP contribution in [0, 0.1) is 0 Å². The highest BCUT2D eigenvalue weighted by atomic mass is 16.5. The van der Waals surface area contributed by atoms with E-state index in [1.807, 2.05) is 30.3 Å². The molecule has 94 valence electrons. The Morgan fingerprint density at radius 1 is 1.05 bits per heavy atom. The molecule has 0 radical (unpaired) electrons. The van der Waals surface area contributed by atoms with E-state index in [9.17, 15) is 0 Å². The molecule has 19 heavy (non-hydrogen) atoms. The van der Waals surface area contributed by atoms with Gasteiger partial charge in [-0.05, 0) is 12.1 Å². The van der Waals surface area contributed by atoms with E-state index in [0.717, 1.165) is 22.5 Å². The lowest BCUT2D eigenvalue weighted by atomic mass is 10.1. The van der Waals surface area contributed by atoms with Gasteiger partial charge in [-0.3, -0.25) is 5.10 Å². The van der Waals surface area contributed by atoms with Gasteiger partial charge in [0.05, 0.1) is 18.5 Å². The normalized spacial score (nSPS) is 10.4. The van der Waals surface area contributed by atoms with Gasteiger partial charge in [0.15, 0.2) is 0 Å². The third-order valence-electron chi connectivity index (χ3n) is 2.82. The first-order valence-electron chi connectivity index (χ1n) is 5.83. The second-order valence-electron chi connectivity index (χ2n) is 4.00. The Morgan fingerprint density at radius 3 is 2.74 bits per heavy atom. The van der Waals surface area contributed by atoms with E-state index in [-0.39, 0.29) is 0 Å². The molecule has 0 saturated heterocycles. The van der Waals surface area contributed by atoms with E-state index < -0.39 is 0 Å². The summed E-state index contributed by atoms with van der Waals surface area (Å²) in [5.41, 5.74) is 3.87. The van der Waals surface area contributed by atoms with Crippen LogP contribution in [0.3, 0.4) is 0 Å². The van der Waals surface area contributed by atoms with Crippen molar-refractivity contribution in [2.24, 2.45) is 0 Å². The maximum Gasteiger partial charge on any atom is 0.216 e. The highest BCUT2D eigenvalue weighted by Gasteiger charge is 2.05. The Balaban J connectivity index is 2.03. The molecule has 1 aromatic carbocycles. The summed E-state index contributed by atoms with van der Waals surface area (Å²) < 4.78 is 5.11. The van der Waals surface area contributed by atoms with Gasteiger partial charge in [0.2, 0.25) is 5.88 Å². The maximum atomic E-state index is 5.11. The van der Waals surface area contributed by atoms with E-state index >= 15 is 0 Å². The number of H-pyrrole nitrogens is 1. The zero-order chi connectivity index (χ0) is 13.1. The molecule has 0 unspecified atom stereocenters. The van der Waals surface area contributed by atoms with Gasteiger partial charge >= 0.3 is 0 Å². The van der Waals surface area contributed by atoms with Crippen LogP contribution >= 0.6 is 0 Å². The third-order valence-corrected chi connectivity index (χ3v) is 2.82. The van der Waals surface area contributed by atoms with Crippen LogP contribution in [-0.4, -0.2) is 27.3 Å². The SMILES string of the molecule is COc1cc(-c2cccc(-c3ccn[nH]3)c2)ncn1. The minimum absolute atomic E-state index is 0.553. The summed E-state index contributed by atoms with van der Waals surface area (Å²) in [6.07, 6.45) is 3.23. The number of methoxy groups -OCH3 is 1. The first-order chi connectivity index (χ1) is 9.36. The minimum atomic E-state index is 0.553. The van der Waals surface area contributed by atoms with Crippen LogP contribution in [0.4, 0.5) is 0 Å². The molecule has 2 aromatic heterocycles.